The molecule has 0 saturated carbocycles. The second-order valence-electron chi connectivity index (χ2n) is 3.55. The molecule has 0 heterocycles. The van der Waals surface area contributed by atoms with Crippen molar-refractivity contribution in [2.45, 2.75) is 18.2 Å². The van der Waals surface area contributed by atoms with E-state index in [0.29, 0.717) is 0 Å². The molecule has 1 rings (SSSR count). The van der Waals surface area contributed by atoms with Crippen molar-refractivity contribution in [1.82, 2.24) is 0 Å². The van der Waals surface area contributed by atoms with Gasteiger partial charge in [0, 0.05) is 6.42 Å². The predicted octanol–water partition coefficient (Wildman–Crippen LogP) is 3.24. The molecular formula is C11H11F3O2S. The summed E-state index contributed by atoms with van der Waals surface area (Å²) < 4.78 is 59.3. The monoisotopic (exact) mass is 264 g/mol. The van der Waals surface area contributed by atoms with Crippen molar-refractivity contribution in [1.29, 1.82) is 0 Å². The first-order chi connectivity index (χ1) is 7.83. The SMILES string of the molecule is Cc1ccc(S(=O)(=O)CCC(F)=C(F)F)cc1. The first-order valence-electron chi connectivity index (χ1n) is 4.82. The standard InChI is InChI=1S/C11H11F3O2S/c1-8-2-4-9(5-3-8)17(15,16)7-6-10(12)11(13)14/h2-5H,6-7H2,1H3. The molecule has 0 aliphatic carbocycles. The third-order valence-electron chi connectivity index (χ3n) is 2.18. The largest absolute Gasteiger partial charge is 0.301 e. The number of allylic oxidation sites excluding steroid dienone is 1. The van der Waals surface area contributed by atoms with E-state index in [2.05, 4.69) is 0 Å². The van der Waals surface area contributed by atoms with Gasteiger partial charge in [-0.25, -0.2) is 12.8 Å². The fraction of sp³-hybridized carbons (Fsp3) is 0.273. The molecule has 94 valence electrons. The average Bonchev–Trinajstić information content (AvgIpc) is 2.26. The van der Waals surface area contributed by atoms with Crippen LogP contribution in [-0.4, -0.2) is 14.2 Å². The summed E-state index contributed by atoms with van der Waals surface area (Å²) in [6.07, 6.45) is -3.28. The highest BCUT2D eigenvalue weighted by atomic mass is 32.2. The zero-order valence-electron chi connectivity index (χ0n) is 9.08. The molecule has 1 aromatic carbocycles. The van der Waals surface area contributed by atoms with Crippen molar-refractivity contribution < 1.29 is 21.6 Å². The van der Waals surface area contributed by atoms with E-state index in [9.17, 15) is 21.6 Å². The number of sulfone groups is 1. The lowest BCUT2D eigenvalue weighted by molar-refractivity contribution is 0.373. The maximum Gasteiger partial charge on any atom is 0.301 e. The molecule has 0 atom stereocenters. The topological polar surface area (TPSA) is 34.1 Å². The molecule has 1 aromatic rings. The summed E-state index contributed by atoms with van der Waals surface area (Å²) in [6, 6.07) is 5.93. The Morgan fingerprint density at radius 3 is 2.12 bits per heavy atom. The summed E-state index contributed by atoms with van der Waals surface area (Å²) in [5, 5.41) is 0. The molecule has 2 nitrogen and oxygen atoms in total. The highest BCUT2D eigenvalue weighted by molar-refractivity contribution is 7.91. The second kappa shape index (κ2) is 5.35. The number of halogens is 3. The van der Waals surface area contributed by atoms with E-state index in [4.69, 9.17) is 0 Å². The van der Waals surface area contributed by atoms with Crippen LogP contribution in [0.25, 0.3) is 0 Å². The van der Waals surface area contributed by atoms with Gasteiger partial charge in [-0.3, -0.25) is 0 Å². The van der Waals surface area contributed by atoms with E-state index in [0.717, 1.165) is 5.56 Å². The van der Waals surface area contributed by atoms with Gasteiger partial charge >= 0.3 is 6.08 Å². The smallest absolute Gasteiger partial charge is 0.224 e. The molecule has 0 unspecified atom stereocenters. The Labute approximate surface area is 97.7 Å². The molecule has 0 bridgehead atoms. The Bertz CT molecular complexity index is 514. The zero-order chi connectivity index (χ0) is 13.1. The van der Waals surface area contributed by atoms with Crippen molar-refractivity contribution in [3.63, 3.8) is 0 Å². The molecule has 0 fully saturated rings. The summed E-state index contributed by atoms with van der Waals surface area (Å²) in [5.74, 6) is -2.35. The molecular weight excluding hydrogens is 253 g/mol. The number of rotatable bonds is 4. The minimum Gasteiger partial charge on any atom is -0.224 e. The highest BCUT2D eigenvalue weighted by Crippen LogP contribution is 2.18. The minimum atomic E-state index is -3.71. The maximum atomic E-state index is 12.5. The van der Waals surface area contributed by atoms with E-state index >= 15 is 0 Å². The highest BCUT2D eigenvalue weighted by Gasteiger charge is 2.16. The summed E-state index contributed by atoms with van der Waals surface area (Å²) >= 11 is 0. The van der Waals surface area contributed by atoms with Crippen LogP contribution in [-0.2, 0) is 9.84 Å². The first-order valence-corrected chi connectivity index (χ1v) is 6.47. The summed E-state index contributed by atoms with van der Waals surface area (Å²) in [6.45, 7) is 1.79. The quantitative estimate of drug-likeness (QED) is 0.836. The molecule has 0 N–H and O–H groups in total. The van der Waals surface area contributed by atoms with Crippen molar-refractivity contribution in [3.05, 3.63) is 41.7 Å². The zero-order valence-corrected chi connectivity index (χ0v) is 9.90. The Morgan fingerprint density at radius 1 is 1.12 bits per heavy atom. The van der Waals surface area contributed by atoms with Crippen LogP contribution < -0.4 is 0 Å². The number of hydrogen-bond acceptors (Lipinski definition) is 2. The van der Waals surface area contributed by atoms with Gasteiger partial charge in [-0.15, -0.1) is 0 Å². The van der Waals surface area contributed by atoms with Crippen LogP contribution in [0, 0.1) is 6.92 Å². The van der Waals surface area contributed by atoms with Crippen molar-refractivity contribution in [2.75, 3.05) is 5.75 Å². The lowest BCUT2D eigenvalue weighted by Crippen LogP contribution is -2.07. The molecule has 0 amide bonds. The molecule has 0 aliphatic rings. The second-order valence-corrected chi connectivity index (χ2v) is 5.66. The fourth-order valence-corrected chi connectivity index (χ4v) is 2.42. The maximum absolute atomic E-state index is 12.5. The van der Waals surface area contributed by atoms with E-state index in [-0.39, 0.29) is 4.90 Å². The lowest BCUT2D eigenvalue weighted by Gasteiger charge is -2.03. The van der Waals surface area contributed by atoms with Crippen molar-refractivity contribution in [3.8, 4) is 0 Å². The summed E-state index contributed by atoms with van der Waals surface area (Å²) in [4.78, 5) is 0.00941. The van der Waals surface area contributed by atoms with E-state index in [1.54, 1.807) is 19.1 Å². The van der Waals surface area contributed by atoms with Crippen LogP contribution in [0.15, 0.2) is 41.1 Å². The van der Waals surface area contributed by atoms with Gasteiger partial charge in [0.25, 0.3) is 0 Å². The summed E-state index contributed by atoms with van der Waals surface area (Å²) in [5.41, 5.74) is 0.879. The van der Waals surface area contributed by atoms with Crippen LogP contribution in [0.3, 0.4) is 0 Å². The third kappa shape index (κ3) is 3.89. The van der Waals surface area contributed by atoms with Crippen LogP contribution in [0.2, 0.25) is 0 Å². The minimum absolute atomic E-state index is 0.00941. The number of benzene rings is 1. The average molecular weight is 264 g/mol. The Kier molecular flexibility index (Phi) is 4.34. The lowest BCUT2D eigenvalue weighted by atomic mass is 10.2. The normalized spacial score (nSPS) is 11.3. The van der Waals surface area contributed by atoms with E-state index in [1.165, 1.54) is 12.1 Å². The van der Waals surface area contributed by atoms with Gasteiger partial charge in [0.2, 0.25) is 0 Å². The molecule has 0 spiro atoms. The van der Waals surface area contributed by atoms with Gasteiger partial charge in [0.1, 0.15) is 0 Å². The number of hydrogen-bond donors (Lipinski definition) is 0. The van der Waals surface area contributed by atoms with Gasteiger partial charge in [0.15, 0.2) is 15.7 Å². The van der Waals surface area contributed by atoms with E-state index in [1.807, 2.05) is 0 Å². The fourth-order valence-electron chi connectivity index (χ4n) is 1.18. The van der Waals surface area contributed by atoms with Crippen molar-refractivity contribution >= 4 is 9.84 Å². The predicted molar refractivity (Wildman–Crippen MR) is 58.2 cm³/mol. The summed E-state index contributed by atoms with van der Waals surface area (Å²) in [7, 11) is -3.71. The van der Waals surface area contributed by atoms with Crippen LogP contribution in [0.5, 0.6) is 0 Å². The molecule has 0 aliphatic heterocycles. The Morgan fingerprint density at radius 2 is 1.65 bits per heavy atom. The van der Waals surface area contributed by atoms with Crippen LogP contribution >= 0.6 is 0 Å². The number of aryl methyl sites for hydroxylation is 1. The Hall–Kier alpha value is -1.30. The first kappa shape index (κ1) is 13.8. The molecule has 0 radical (unpaired) electrons. The molecule has 6 heteroatoms. The molecule has 0 aromatic heterocycles. The Balaban J connectivity index is 2.83. The van der Waals surface area contributed by atoms with Gasteiger partial charge in [-0.1, -0.05) is 17.7 Å². The molecule has 0 saturated heterocycles. The van der Waals surface area contributed by atoms with Crippen molar-refractivity contribution in [2.24, 2.45) is 0 Å². The van der Waals surface area contributed by atoms with Crippen LogP contribution in [0.4, 0.5) is 13.2 Å². The van der Waals surface area contributed by atoms with E-state index < -0.39 is 33.9 Å². The van der Waals surface area contributed by atoms with Gasteiger partial charge in [-0.05, 0) is 19.1 Å². The third-order valence-corrected chi connectivity index (χ3v) is 3.91. The van der Waals surface area contributed by atoms with Crippen LogP contribution in [0.1, 0.15) is 12.0 Å². The molecule has 17 heavy (non-hydrogen) atoms. The van der Waals surface area contributed by atoms with Gasteiger partial charge in [0.05, 0.1) is 10.6 Å². The van der Waals surface area contributed by atoms with Gasteiger partial charge in [-0.2, -0.15) is 8.78 Å². The van der Waals surface area contributed by atoms with Gasteiger partial charge < -0.3 is 0 Å².